The first-order chi connectivity index (χ1) is 7.36. The summed E-state index contributed by atoms with van der Waals surface area (Å²) in [5, 5.41) is 3.02. The zero-order valence-electron chi connectivity index (χ0n) is 11.8. The molecule has 0 aliphatic rings. The fourth-order valence-corrected chi connectivity index (χ4v) is 1.60. The molecule has 2 unspecified atom stereocenters. The fourth-order valence-electron chi connectivity index (χ4n) is 1.60. The Balaban J connectivity index is 0. The van der Waals surface area contributed by atoms with E-state index in [1.165, 1.54) is 0 Å². The fraction of sp³-hybridized carbons (Fsp3) is 0.923. The van der Waals surface area contributed by atoms with Gasteiger partial charge in [0.25, 0.3) is 0 Å². The predicted octanol–water partition coefficient (Wildman–Crippen LogP) is 2.58. The minimum atomic E-state index is 0. The van der Waals surface area contributed by atoms with Crippen LogP contribution >= 0.6 is 12.4 Å². The molecule has 0 heterocycles. The molecule has 0 spiro atoms. The zero-order chi connectivity index (χ0) is 12.7. The first-order valence-corrected chi connectivity index (χ1v) is 6.36. The van der Waals surface area contributed by atoms with E-state index >= 15 is 0 Å². The third kappa shape index (κ3) is 9.42. The molecule has 3 N–H and O–H groups in total. The molecule has 0 bridgehead atoms. The van der Waals surface area contributed by atoms with Gasteiger partial charge in [-0.2, -0.15) is 0 Å². The van der Waals surface area contributed by atoms with Crippen LogP contribution in [0.5, 0.6) is 0 Å². The van der Waals surface area contributed by atoms with Gasteiger partial charge in [0.1, 0.15) is 0 Å². The Morgan fingerprint density at radius 2 is 1.71 bits per heavy atom. The van der Waals surface area contributed by atoms with E-state index in [2.05, 4.69) is 39.9 Å². The van der Waals surface area contributed by atoms with E-state index in [1.807, 2.05) is 0 Å². The van der Waals surface area contributed by atoms with Gasteiger partial charge < -0.3 is 11.1 Å². The number of hydrogen-bond donors (Lipinski definition) is 2. The van der Waals surface area contributed by atoms with Crippen molar-refractivity contribution in [2.24, 2.45) is 23.5 Å². The number of amides is 1. The highest BCUT2D eigenvalue weighted by Crippen LogP contribution is 2.14. The van der Waals surface area contributed by atoms with Gasteiger partial charge in [0.15, 0.2) is 0 Å². The molecule has 0 aromatic heterocycles. The molecule has 0 saturated carbocycles. The summed E-state index contributed by atoms with van der Waals surface area (Å²) in [7, 11) is 0. The molecule has 1 amide bonds. The van der Waals surface area contributed by atoms with Crippen molar-refractivity contribution in [1.82, 2.24) is 5.32 Å². The summed E-state index contributed by atoms with van der Waals surface area (Å²) in [6.45, 7) is 11.2. The Hall–Kier alpha value is -0.280. The number of carbonyl (C=O) groups is 1. The Labute approximate surface area is 112 Å². The Bertz CT molecular complexity index is 208. The van der Waals surface area contributed by atoms with Gasteiger partial charge in [-0.1, -0.05) is 34.6 Å². The van der Waals surface area contributed by atoms with Gasteiger partial charge >= 0.3 is 0 Å². The second-order valence-electron chi connectivity index (χ2n) is 5.56. The van der Waals surface area contributed by atoms with E-state index in [-0.39, 0.29) is 24.4 Å². The summed E-state index contributed by atoms with van der Waals surface area (Å²) in [6.07, 6.45) is 1.56. The van der Waals surface area contributed by atoms with Gasteiger partial charge in [-0.15, -0.1) is 12.4 Å². The first-order valence-electron chi connectivity index (χ1n) is 6.36. The number of halogens is 1. The summed E-state index contributed by atoms with van der Waals surface area (Å²) < 4.78 is 0. The molecule has 2 atom stereocenters. The summed E-state index contributed by atoms with van der Waals surface area (Å²) in [5.41, 5.74) is 5.65. The maximum absolute atomic E-state index is 11.7. The van der Waals surface area contributed by atoms with Crippen molar-refractivity contribution in [3.63, 3.8) is 0 Å². The van der Waals surface area contributed by atoms with Crippen molar-refractivity contribution in [3.05, 3.63) is 0 Å². The van der Waals surface area contributed by atoms with Crippen molar-refractivity contribution in [2.45, 2.75) is 53.5 Å². The quantitative estimate of drug-likeness (QED) is 0.743. The van der Waals surface area contributed by atoms with E-state index < -0.39 is 0 Å². The lowest BCUT2D eigenvalue weighted by molar-refractivity contribution is -0.122. The summed E-state index contributed by atoms with van der Waals surface area (Å²) in [6, 6.07) is 0.131. The molecule has 3 nitrogen and oxygen atoms in total. The molecule has 0 aliphatic carbocycles. The largest absolute Gasteiger partial charge is 0.352 e. The first kappa shape index (κ1) is 19.1. The topological polar surface area (TPSA) is 55.1 Å². The van der Waals surface area contributed by atoms with Gasteiger partial charge in [0.2, 0.25) is 5.91 Å². The van der Waals surface area contributed by atoms with Crippen molar-refractivity contribution >= 4 is 18.3 Å². The second kappa shape index (κ2) is 9.72. The molecule has 0 aromatic rings. The van der Waals surface area contributed by atoms with Gasteiger partial charge in [0, 0.05) is 19.0 Å². The maximum atomic E-state index is 11.7. The van der Waals surface area contributed by atoms with Crippen molar-refractivity contribution in [1.29, 1.82) is 0 Å². The Kier molecular flexibility index (Phi) is 10.9. The smallest absolute Gasteiger partial charge is 0.220 e. The van der Waals surface area contributed by atoms with Gasteiger partial charge in [-0.25, -0.2) is 0 Å². The highest BCUT2D eigenvalue weighted by molar-refractivity contribution is 5.85. The number of nitrogens with one attached hydrogen (secondary N) is 1. The third-order valence-corrected chi connectivity index (χ3v) is 3.05. The van der Waals surface area contributed by atoms with Crippen LogP contribution in [0.2, 0.25) is 0 Å². The molecule has 0 aromatic carbocycles. The van der Waals surface area contributed by atoms with Crippen LogP contribution in [0.1, 0.15) is 47.5 Å². The molecule has 0 radical (unpaired) electrons. The maximum Gasteiger partial charge on any atom is 0.220 e. The normalized spacial score (nSPS) is 14.4. The minimum Gasteiger partial charge on any atom is -0.352 e. The lowest BCUT2D eigenvalue weighted by Gasteiger charge is -2.21. The molecule has 0 saturated heterocycles. The standard InChI is InChI=1S/C13H28N2O.ClH/c1-9(2)6-12(8-14)15-13(16)7-11(5)10(3)4;/h9-12H,6-8,14H2,1-5H3,(H,15,16);1H. The molecule has 104 valence electrons. The summed E-state index contributed by atoms with van der Waals surface area (Å²) >= 11 is 0. The van der Waals surface area contributed by atoms with Crippen LogP contribution in [0.15, 0.2) is 0 Å². The van der Waals surface area contributed by atoms with E-state index in [0.717, 1.165) is 6.42 Å². The zero-order valence-corrected chi connectivity index (χ0v) is 12.6. The highest BCUT2D eigenvalue weighted by atomic mass is 35.5. The van der Waals surface area contributed by atoms with Crippen LogP contribution < -0.4 is 11.1 Å². The van der Waals surface area contributed by atoms with Crippen LogP contribution in [0.3, 0.4) is 0 Å². The molecule has 4 heteroatoms. The van der Waals surface area contributed by atoms with Crippen molar-refractivity contribution in [2.75, 3.05) is 6.54 Å². The predicted molar refractivity (Wildman–Crippen MR) is 76.3 cm³/mol. The Morgan fingerprint density at radius 1 is 1.18 bits per heavy atom. The monoisotopic (exact) mass is 264 g/mol. The van der Waals surface area contributed by atoms with Crippen LogP contribution in [-0.2, 0) is 4.79 Å². The van der Waals surface area contributed by atoms with Crippen molar-refractivity contribution < 1.29 is 4.79 Å². The molecule has 17 heavy (non-hydrogen) atoms. The average molecular weight is 265 g/mol. The third-order valence-electron chi connectivity index (χ3n) is 3.05. The molecule has 0 aliphatic heterocycles. The lowest BCUT2D eigenvalue weighted by Crippen LogP contribution is -2.41. The van der Waals surface area contributed by atoms with Gasteiger partial charge in [-0.3, -0.25) is 4.79 Å². The number of nitrogens with two attached hydrogens (primary N) is 1. The number of carbonyl (C=O) groups excluding carboxylic acids is 1. The summed E-state index contributed by atoms with van der Waals surface area (Å²) in [5.74, 6) is 1.68. The Morgan fingerprint density at radius 3 is 2.06 bits per heavy atom. The second-order valence-corrected chi connectivity index (χ2v) is 5.56. The molecule has 0 fully saturated rings. The summed E-state index contributed by atoms with van der Waals surface area (Å²) in [4.78, 5) is 11.7. The minimum absolute atomic E-state index is 0. The number of hydrogen-bond acceptors (Lipinski definition) is 2. The number of rotatable bonds is 7. The van der Waals surface area contributed by atoms with Crippen LogP contribution in [0.25, 0.3) is 0 Å². The van der Waals surface area contributed by atoms with Gasteiger partial charge in [0.05, 0.1) is 0 Å². The highest BCUT2D eigenvalue weighted by Gasteiger charge is 2.16. The van der Waals surface area contributed by atoms with Crippen LogP contribution in [0.4, 0.5) is 0 Å². The molecule has 0 rings (SSSR count). The van der Waals surface area contributed by atoms with Crippen LogP contribution in [-0.4, -0.2) is 18.5 Å². The molecular weight excluding hydrogens is 236 g/mol. The van der Waals surface area contributed by atoms with Crippen molar-refractivity contribution in [3.8, 4) is 0 Å². The van der Waals surface area contributed by atoms with Gasteiger partial charge in [-0.05, 0) is 24.2 Å². The lowest BCUT2D eigenvalue weighted by atomic mass is 9.94. The van der Waals surface area contributed by atoms with E-state index in [1.54, 1.807) is 0 Å². The SMILES string of the molecule is CC(C)CC(CN)NC(=O)CC(C)C(C)C.Cl. The van der Waals surface area contributed by atoms with E-state index in [4.69, 9.17) is 5.73 Å². The van der Waals surface area contributed by atoms with E-state index in [0.29, 0.717) is 30.7 Å². The average Bonchev–Trinajstić information content (AvgIpc) is 2.15. The van der Waals surface area contributed by atoms with E-state index in [9.17, 15) is 4.79 Å². The van der Waals surface area contributed by atoms with Crippen LogP contribution in [0, 0.1) is 17.8 Å². The molecular formula is C13H29ClN2O.